The Balaban J connectivity index is 1.82. The molecule has 20 heavy (non-hydrogen) atoms. The number of ketones is 1. The van der Waals surface area contributed by atoms with E-state index < -0.39 is 0 Å². The highest BCUT2D eigenvalue weighted by molar-refractivity contribution is 5.77. The third-order valence-electron chi connectivity index (χ3n) is 2.87. The summed E-state index contributed by atoms with van der Waals surface area (Å²) >= 11 is 0. The summed E-state index contributed by atoms with van der Waals surface area (Å²) in [5.74, 6) is 1.83. The van der Waals surface area contributed by atoms with E-state index in [2.05, 4.69) is 5.32 Å². The zero-order chi connectivity index (χ0) is 14.2. The molecule has 0 unspecified atom stereocenters. The van der Waals surface area contributed by atoms with Gasteiger partial charge in [-0.2, -0.15) is 0 Å². The highest BCUT2D eigenvalue weighted by Gasteiger charge is 1.98. The standard InChI is InChI=1S/C17H19NO2/c1-14(19)13-18-12-11-15-7-9-17(10-8-15)20-16-5-3-2-4-6-16/h2-10,18H,11-13H2,1H3. The summed E-state index contributed by atoms with van der Waals surface area (Å²) in [4.78, 5) is 10.8. The van der Waals surface area contributed by atoms with Crippen LogP contribution in [0.25, 0.3) is 0 Å². The molecule has 0 atom stereocenters. The second kappa shape index (κ2) is 7.46. The number of para-hydroxylation sites is 1. The topological polar surface area (TPSA) is 38.3 Å². The van der Waals surface area contributed by atoms with Gasteiger partial charge in [0.2, 0.25) is 0 Å². The molecule has 0 aromatic heterocycles. The summed E-state index contributed by atoms with van der Waals surface area (Å²) in [5, 5.41) is 3.11. The highest BCUT2D eigenvalue weighted by atomic mass is 16.5. The molecule has 0 spiro atoms. The largest absolute Gasteiger partial charge is 0.457 e. The molecule has 0 amide bonds. The zero-order valence-electron chi connectivity index (χ0n) is 11.6. The molecule has 0 aliphatic rings. The maximum Gasteiger partial charge on any atom is 0.143 e. The molecular weight excluding hydrogens is 250 g/mol. The Morgan fingerprint density at radius 1 is 1.00 bits per heavy atom. The van der Waals surface area contributed by atoms with Crippen molar-refractivity contribution < 1.29 is 9.53 Å². The van der Waals surface area contributed by atoms with Crippen molar-refractivity contribution in [1.29, 1.82) is 0 Å². The Morgan fingerprint density at radius 2 is 1.65 bits per heavy atom. The number of carbonyl (C=O) groups is 1. The molecular formula is C17H19NO2. The molecule has 0 aliphatic heterocycles. The van der Waals surface area contributed by atoms with E-state index in [1.807, 2.05) is 54.6 Å². The van der Waals surface area contributed by atoms with Crippen LogP contribution in [0.1, 0.15) is 12.5 Å². The van der Waals surface area contributed by atoms with Gasteiger partial charge < -0.3 is 10.1 Å². The van der Waals surface area contributed by atoms with Crippen LogP contribution in [-0.2, 0) is 11.2 Å². The smallest absolute Gasteiger partial charge is 0.143 e. The molecule has 3 nitrogen and oxygen atoms in total. The molecule has 104 valence electrons. The fourth-order valence-electron chi connectivity index (χ4n) is 1.85. The maximum absolute atomic E-state index is 10.8. The minimum absolute atomic E-state index is 0.164. The van der Waals surface area contributed by atoms with E-state index in [9.17, 15) is 4.79 Å². The van der Waals surface area contributed by atoms with Gasteiger partial charge in [-0.1, -0.05) is 30.3 Å². The number of ether oxygens (including phenoxy) is 1. The Hall–Kier alpha value is -2.13. The summed E-state index contributed by atoms with van der Waals surface area (Å²) in [5.41, 5.74) is 1.22. The summed E-state index contributed by atoms with van der Waals surface area (Å²) in [6.45, 7) is 2.83. The average molecular weight is 269 g/mol. The first-order valence-corrected chi connectivity index (χ1v) is 6.76. The fraction of sp³-hybridized carbons (Fsp3) is 0.235. The third-order valence-corrected chi connectivity index (χ3v) is 2.87. The van der Waals surface area contributed by atoms with Crippen molar-refractivity contribution in [3.63, 3.8) is 0 Å². The molecule has 0 fully saturated rings. The van der Waals surface area contributed by atoms with Gasteiger partial charge in [0, 0.05) is 0 Å². The molecule has 2 aromatic rings. The van der Waals surface area contributed by atoms with E-state index in [1.165, 1.54) is 5.56 Å². The van der Waals surface area contributed by atoms with E-state index >= 15 is 0 Å². The normalized spacial score (nSPS) is 10.2. The van der Waals surface area contributed by atoms with E-state index in [0.29, 0.717) is 6.54 Å². The van der Waals surface area contributed by atoms with E-state index in [0.717, 1.165) is 24.5 Å². The number of hydrogen-bond donors (Lipinski definition) is 1. The van der Waals surface area contributed by atoms with Crippen molar-refractivity contribution in [3.05, 3.63) is 60.2 Å². The van der Waals surface area contributed by atoms with Gasteiger partial charge in [-0.25, -0.2) is 0 Å². The van der Waals surface area contributed by atoms with Crippen LogP contribution in [0.15, 0.2) is 54.6 Å². The number of Topliss-reactive ketones (excluding diaryl/α,β-unsaturated/α-hetero) is 1. The van der Waals surface area contributed by atoms with E-state index in [4.69, 9.17) is 4.74 Å². The maximum atomic E-state index is 10.8. The molecule has 2 rings (SSSR count). The number of rotatable bonds is 7. The Kier molecular flexibility index (Phi) is 5.33. The highest BCUT2D eigenvalue weighted by Crippen LogP contribution is 2.21. The summed E-state index contributed by atoms with van der Waals surface area (Å²) < 4.78 is 5.73. The monoisotopic (exact) mass is 269 g/mol. The van der Waals surface area contributed by atoms with Gasteiger partial charge in [-0.3, -0.25) is 4.79 Å². The van der Waals surface area contributed by atoms with Crippen molar-refractivity contribution in [3.8, 4) is 11.5 Å². The lowest BCUT2D eigenvalue weighted by molar-refractivity contribution is -0.116. The minimum Gasteiger partial charge on any atom is -0.457 e. The summed E-state index contributed by atoms with van der Waals surface area (Å²) in [7, 11) is 0. The van der Waals surface area contributed by atoms with Crippen molar-refractivity contribution in [2.45, 2.75) is 13.3 Å². The third kappa shape index (κ3) is 4.86. The molecule has 0 heterocycles. The zero-order valence-corrected chi connectivity index (χ0v) is 11.6. The van der Waals surface area contributed by atoms with Gasteiger partial charge in [-0.05, 0) is 49.7 Å². The van der Waals surface area contributed by atoms with Crippen LogP contribution in [0.2, 0.25) is 0 Å². The second-order valence-electron chi connectivity index (χ2n) is 4.69. The van der Waals surface area contributed by atoms with Crippen LogP contribution in [0.5, 0.6) is 11.5 Å². The SMILES string of the molecule is CC(=O)CNCCc1ccc(Oc2ccccc2)cc1. The van der Waals surface area contributed by atoms with Gasteiger partial charge >= 0.3 is 0 Å². The molecule has 0 aliphatic carbocycles. The molecule has 0 radical (unpaired) electrons. The Labute approximate surface area is 119 Å². The van der Waals surface area contributed by atoms with Crippen LogP contribution < -0.4 is 10.1 Å². The van der Waals surface area contributed by atoms with Crippen LogP contribution in [0.4, 0.5) is 0 Å². The van der Waals surface area contributed by atoms with Crippen molar-refractivity contribution >= 4 is 5.78 Å². The predicted molar refractivity (Wildman–Crippen MR) is 80.2 cm³/mol. The summed E-state index contributed by atoms with van der Waals surface area (Å²) in [6, 6.07) is 17.8. The van der Waals surface area contributed by atoms with Crippen molar-refractivity contribution in [2.24, 2.45) is 0 Å². The lowest BCUT2D eigenvalue weighted by Crippen LogP contribution is -2.23. The first-order valence-electron chi connectivity index (χ1n) is 6.76. The molecule has 1 N–H and O–H groups in total. The van der Waals surface area contributed by atoms with Gasteiger partial charge in [0.15, 0.2) is 0 Å². The quantitative estimate of drug-likeness (QED) is 0.784. The number of nitrogens with one attached hydrogen (secondary N) is 1. The van der Waals surface area contributed by atoms with Crippen LogP contribution >= 0.6 is 0 Å². The van der Waals surface area contributed by atoms with Gasteiger partial charge in [0.25, 0.3) is 0 Å². The van der Waals surface area contributed by atoms with Crippen LogP contribution in [0.3, 0.4) is 0 Å². The molecule has 3 heteroatoms. The van der Waals surface area contributed by atoms with Crippen molar-refractivity contribution in [1.82, 2.24) is 5.32 Å². The molecule has 0 saturated heterocycles. The van der Waals surface area contributed by atoms with Gasteiger partial charge in [0.05, 0.1) is 6.54 Å². The van der Waals surface area contributed by atoms with Crippen molar-refractivity contribution in [2.75, 3.05) is 13.1 Å². The Morgan fingerprint density at radius 3 is 2.30 bits per heavy atom. The number of benzene rings is 2. The van der Waals surface area contributed by atoms with Crippen LogP contribution in [0, 0.1) is 0 Å². The molecule has 2 aromatic carbocycles. The molecule has 0 saturated carbocycles. The predicted octanol–water partition coefficient (Wildman–Crippen LogP) is 3.20. The number of hydrogen-bond acceptors (Lipinski definition) is 3. The Bertz CT molecular complexity index is 535. The van der Waals surface area contributed by atoms with E-state index in [1.54, 1.807) is 6.92 Å². The summed E-state index contributed by atoms with van der Waals surface area (Å²) in [6.07, 6.45) is 0.902. The fourth-order valence-corrected chi connectivity index (χ4v) is 1.85. The van der Waals surface area contributed by atoms with E-state index in [-0.39, 0.29) is 5.78 Å². The van der Waals surface area contributed by atoms with Gasteiger partial charge in [-0.15, -0.1) is 0 Å². The molecule has 0 bridgehead atoms. The lowest BCUT2D eigenvalue weighted by Gasteiger charge is -2.07. The minimum atomic E-state index is 0.164. The first kappa shape index (κ1) is 14.3. The first-order chi connectivity index (χ1) is 9.74. The average Bonchev–Trinajstić information content (AvgIpc) is 2.46. The number of carbonyl (C=O) groups excluding carboxylic acids is 1. The van der Waals surface area contributed by atoms with Crippen LogP contribution in [-0.4, -0.2) is 18.9 Å². The second-order valence-corrected chi connectivity index (χ2v) is 4.69. The van der Waals surface area contributed by atoms with Gasteiger partial charge in [0.1, 0.15) is 17.3 Å². The lowest BCUT2D eigenvalue weighted by atomic mass is 10.1.